The molecule has 3 aromatic rings. The number of rotatable bonds is 5. The lowest BCUT2D eigenvalue weighted by atomic mass is 10.1. The highest BCUT2D eigenvalue weighted by Crippen LogP contribution is 2.28. The Morgan fingerprint density at radius 3 is 2.39 bits per heavy atom. The summed E-state index contributed by atoms with van der Waals surface area (Å²) < 4.78 is 17.3. The van der Waals surface area contributed by atoms with Crippen LogP contribution in [0.4, 0.5) is 0 Å². The van der Waals surface area contributed by atoms with Crippen LogP contribution < -0.4 is 9.47 Å². The van der Waals surface area contributed by atoms with Crippen LogP contribution in [0.5, 0.6) is 11.5 Å². The van der Waals surface area contributed by atoms with Crippen LogP contribution in [0.2, 0.25) is 0 Å². The van der Waals surface area contributed by atoms with Gasteiger partial charge in [-0.2, -0.15) is 0 Å². The molecule has 3 rings (SSSR count). The summed E-state index contributed by atoms with van der Waals surface area (Å²) in [4.78, 5) is 0. The molecule has 0 aliphatic heterocycles. The van der Waals surface area contributed by atoms with Crippen LogP contribution in [-0.2, 0) is 6.42 Å². The van der Waals surface area contributed by atoms with E-state index in [1.54, 1.807) is 14.2 Å². The molecule has 0 amide bonds. The van der Waals surface area contributed by atoms with E-state index >= 15 is 0 Å². The molecule has 0 unspecified atom stereocenters. The summed E-state index contributed by atoms with van der Waals surface area (Å²) in [6.07, 6.45) is 0.532. The maximum Gasteiger partial charge on any atom is 0.247 e. The van der Waals surface area contributed by atoms with Gasteiger partial charge in [0.2, 0.25) is 11.8 Å². The number of ether oxygens (including phenoxy) is 2. The maximum absolute atomic E-state index is 5.73. The molecule has 0 aliphatic carbocycles. The van der Waals surface area contributed by atoms with Gasteiger partial charge >= 0.3 is 0 Å². The van der Waals surface area contributed by atoms with E-state index in [4.69, 9.17) is 13.9 Å². The van der Waals surface area contributed by atoms with E-state index in [9.17, 15) is 0 Å². The summed E-state index contributed by atoms with van der Waals surface area (Å²) in [5.74, 6) is 2.43. The van der Waals surface area contributed by atoms with Crippen LogP contribution in [0.25, 0.3) is 11.5 Å². The Bertz CT molecular complexity index is 800. The van der Waals surface area contributed by atoms with Gasteiger partial charge in [-0.25, -0.2) is 0 Å². The molecule has 5 nitrogen and oxygen atoms in total. The standard InChI is InChI=1S/C17H15BrN2O3/c1-21-14-8-3-11(9-15(14)22-2)10-16-19-20-17(23-16)12-4-6-13(18)7-5-12/h3-9H,10H2,1-2H3. The number of benzene rings is 2. The predicted octanol–water partition coefficient (Wildman–Crippen LogP) is 4.11. The summed E-state index contributed by atoms with van der Waals surface area (Å²) in [6, 6.07) is 13.4. The minimum Gasteiger partial charge on any atom is -0.493 e. The molecule has 0 radical (unpaired) electrons. The first-order valence-corrected chi connectivity index (χ1v) is 7.78. The minimum atomic E-state index is 0.507. The first kappa shape index (κ1) is 15.6. The van der Waals surface area contributed by atoms with Crippen molar-refractivity contribution < 1.29 is 13.9 Å². The molecule has 0 atom stereocenters. The molecule has 0 spiro atoms. The normalized spacial score (nSPS) is 10.6. The van der Waals surface area contributed by atoms with E-state index in [2.05, 4.69) is 26.1 Å². The lowest BCUT2D eigenvalue weighted by molar-refractivity contribution is 0.354. The van der Waals surface area contributed by atoms with Gasteiger partial charge in [0.1, 0.15) is 0 Å². The van der Waals surface area contributed by atoms with Gasteiger partial charge in [-0.3, -0.25) is 0 Å². The molecule has 0 N–H and O–H groups in total. The van der Waals surface area contributed by atoms with E-state index in [0.29, 0.717) is 29.7 Å². The van der Waals surface area contributed by atoms with Crippen molar-refractivity contribution in [2.24, 2.45) is 0 Å². The summed E-state index contributed by atoms with van der Waals surface area (Å²) in [5.41, 5.74) is 1.90. The van der Waals surface area contributed by atoms with Crippen LogP contribution >= 0.6 is 15.9 Å². The zero-order valence-electron chi connectivity index (χ0n) is 12.7. The van der Waals surface area contributed by atoms with Crippen molar-refractivity contribution in [3.63, 3.8) is 0 Å². The van der Waals surface area contributed by atoms with Crippen LogP contribution in [-0.4, -0.2) is 24.4 Å². The van der Waals surface area contributed by atoms with Crippen molar-refractivity contribution in [1.29, 1.82) is 0 Å². The molecule has 2 aromatic carbocycles. The lowest BCUT2D eigenvalue weighted by Gasteiger charge is -2.08. The molecular weight excluding hydrogens is 360 g/mol. The van der Waals surface area contributed by atoms with Crippen LogP contribution in [0.3, 0.4) is 0 Å². The Labute approximate surface area is 142 Å². The monoisotopic (exact) mass is 374 g/mol. The lowest BCUT2D eigenvalue weighted by Crippen LogP contribution is -1.94. The third-order valence-electron chi connectivity index (χ3n) is 3.36. The van der Waals surface area contributed by atoms with Gasteiger partial charge < -0.3 is 13.9 Å². The van der Waals surface area contributed by atoms with Gasteiger partial charge in [0.05, 0.1) is 20.6 Å². The molecule has 118 valence electrons. The summed E-state index contributed by atoms with van der Waals surface area (Å²) >= 11 is 3.40. The molecule has 0 saturated carbocycles. The zero-order chi connectivity index (χ0) is 16.2. The fourth-order valence-electron chi connectivity index (χ4n) is 2.20. The van der Waals surface area contributed by atoms with Gasteiger partial charge in [0, 0.05) is 10.0 Å². The minimum absolute atomic E-state index is 0.507. The Balaban J connectivity index is 1.80. The third kappa shape index (κ3) is 3.53. The first-order chi connectivity index (χ1) is 11.2. The van der Waals surface area contributed by atoms with Gasteiger partial charge in [0.15, 0.2) is 11.5 Å². The summed E-state index contributed by atoms with van der Waals surface area (Å²) in [5, 5.41) is 8.21. The van der Waals surface area contributed by atoms with E-state index < -0.39 is 0 Å². The maximum atomic E-state index is 5.73. The molecule has 6 heteroatoms. The Morgan fingerprint density at radius 2 is 1.70 bits per heavy atom. The second-order valence-electron chi connectivity index (χ2n) is 4.87. The molecule has 1 aromatic heterocycles. The number of hydrogen-bond donors (Lipinski definition) is 0. The van der Waals surface area contributed by atoms with Gasteiger partial charge in [-0.15, -0.1) is 10.2 Å². The number of halogens is 1. The number of aromatic nitrogens is 2. The fraction of sp³-hybridized carbons (Fsp3) is 0.176. The number of methoxy groups -OCH3 is 2. The van der Waals surface area contributed by atoms with Crippen LogP contribution in [0.15, 0.2) is 51.4 Å². The van der Waals surface area contributed by atoms with Gasteiger partial charge in [0.25, 0.3) is 0 Å². The van der Waals surface area contributed by atoms with E-state index in [1.165, 1.54) is 0 Å². The largest absolute Gasteiger partial charge is 0.493 e. The highest BCUT2D eigenvalue weighted by molar-refractivity contribution is 9.10. The summed E-state index contributed by atoms with van der Waals surface area (Å²) in [6.45, 7) is 0. The van der Waals surface area contributed by atoms with Crippen molar-refractivity contribution in [2.75, 3.05) is 14.2 Å². The predicted molar refractivity (Wildman–Crippen MR) is 89.8 cm³/mol. The molecule has 23 heavy (non-hydrogen) atoms. The average Bonchev–Trinajstić information content (AvgIpc) is 3.04. The molecule has 0 aliphatic rings. The Morgan fingerprint density at radius 1 is 0.957 bits per heavy atom. The van der Waals surface area contributed by atoms with E-state index in [-0.39, 0.29) is 0 Å². The van der Waals surface area contributed by atoms with Gasteiger partial charge in [-0.1, -0.05) is 22.0 Å². The molecule has 0 saturated heterocycles. The first-order valence-electron chi connectivity index (χ1n) is 6.99. The Kier molecular flexibility index (Phi) is 4.62. The quantitative estimate of drug-likeness (QED) is 0.672. The van der Waals surface area contributed by atoms with Crippen LogP contribution in [0, 0.1) is 0 Å². The third-order valence-corrected chi connectivity index (χ3v) is 3.89. The topological polar surface area (TPSA) is 57.4 Å². The highest BCUT2D eigenvalue weighted by atomic mass is 79.9. The second-order valence-corrected chi connectivity index (χ2v) is 5.79. The zero-order valence-corrected chi connectivity index (χ0v) is 14.3. The number of nitrogens with zero attached hydrogens (tertiary/aromatic N) is 2. The average molecular weight is 375 g/mol. The van der Waals surface area contributed by atoms with Crippen molar-refractivity contribution >= 4 is 15.9 Å². The smallest absolute Gasteiger partial charge is 0.247 e. The van der Waals surface area contributed by atoms with Crippen molar-refractivity contribution in [1.82, 2.24) is 10.2 Å². The van der Waals surface area contributed by atoms with Crippen molar-refractivity contribution in [2.45, 2.75) is 6.42 Å². The van der Waals surface area contributed by atoms with Gasteiger partial charge in [-0.05, 0) is 42.0 Å². The number of hydrogen-bond acceptors (Lipinski definition) is 5. The summed E-state index contributed by atoms with van der Waals surface area (Å²) in [7, 11) is 3.22. The molecule has 1 heterocycles. The second kappa shape index (κ2) is 6.83. The molecule has 0 fully saturated rings. The SMILES string of the molecule is COc1ccc(Cc2nnc(-c3ccc(Br)cc3)o2)cc1OC. The van der Waals surface area contributed by atoms with Crippen molar-refractivity contribution in [3.05, 3.63) is 58.4 Å². The van der Waals surface area contributed by atoms with E-state index in [0.717, 1.165) is 15.6 Å². The molecule has 0 bridgehead atoms. The highest BCUT2D eigenvalue weighted by Gasteiger charge is 2.11. The molecular formula is C17H15BrN2O3. The van der Waals surface area contributed by atoms with E-state index in [1.807, 2.05) is 42.5 Å². The Hall–Kier alpha value is -2.34. The van der Waals surface area contributed by atoms with Crippen molar-refractivity contribution in [3.8, 4) is 23.0 Å². The fourth-order valence-corrected chi connectivity index (χ4v) is 2.46. The van der Waals surface area contributed by atoms with Crippen LogP contribution in [0.1, 0.15) is 11.5 Å².